The van der Waals surface area contributed by atoms with Gasteiger partial charge in [-0.05, 0) is 36.9 Å². The number of nitriles is 1. The van der Waals surface area contributed by atoms with Crippen LogP contribution < -0.4 is 4.74 Å². The molecule has 134 valence electrons. The summed E-state index contributed by atoms with van der Waals surface area (Å²) in [5, 5.41) is 11.0. The van der Waals surface area contributed by atoms with E-state index >= 15 is 0 Å². The third-order valence-corrected chi connectivity index (χ3v) is 4.97. The minimum absolute atomic E-state index is 0.714. The van der Waals surface area contributed by atoms with Gasteiger partial charge in [0.1, 0.15) is 17.5 Å². The molecular formula is C22H25N3O. The van der Waals surface area contributed by atoms with Gasteiger partial charge < -0.3 is 14.2 Å². The quantitative estimate of drug-likeness (QED) is 0.630. The molecule has 2 aromatic carbocycles. The van der Waals surface area contributed by atoms with Gasteiger partial charge >= 0.3 is 0 Å². The molecule has 1 aromatic heterocycles. The van der Waals surface area contributed by atoms with E-state index in [0.29, 0.717) is 5.69 Å². The Kier molecular flexibility index (Phi) is 5.60. The Labute approximate surface area is 155 Å². The van der Waals surface area contributed by atoms with Crippen LogP contribution >= 0.6 is 0 Å². The van der Waals surface area contributed by atoms with Crippen molar-refractivity contribution in [2.75, 3.05) is 26.7 Å². The number of benzene rings is 2. The normalized spacial score (nSPS) is 11.0. The number of ether oxygens (including phenoxy) is 1. The number of aromatic nitrogens is 1. The fourth-order valence-electron chi connectivity index (χ4n) is 3.49. The zero-order valence-electron chi connectivity index (χ0n) is 15.7. The third-order valence-electron chi connectivity index (χ3n) is 4.97. The lowest BCUT2D eigenvalue weighted by molar-refractivity contribution is 0.292. The molecule has 0 saturated heterocycles. The molecule has 0 aliphatic heterocycles. The fraction of sp³-hybridized carbons (Fsp3) is 0.318. The van der Waals surface area contributed by atoms with Gasteiger partial charge in [0.25, 0.3) is 0 Å². The first kappa shape index (κ1) is 18.0. The van der Waals surface area contributed by atoms with Crippen LogP contribution in [0.15, 0.2) is 48.5 Å². The van der Waals surface area contributed by atoms with Gasteiger partial charge in [-0.25, -0.2) is 0 Å². The highest BCUT2D eigenvalue weighted by molar-refractivity contribution is 6.00. The molecule has 0 fully saturated rings. The van der Waals surface area contributed by atoms with Crippen LogP contribution in [0.1, 0.15) is 19.5 Å². The van der Waals surface area contributed by atoms with Crippen LogP contribution in [-0.2, 0) is 6.54 Å². The Morgan fingerprint density at radius 3 is 2.42 bits per heavy atom. The third kappa shape index (κ3) is 3.31. The van der Waals surface area contributed by atoms with Crippen molar-refractivity contribution in [3.63, 3.8) is 0 Å². The summed E-state index contributed by atoms with van der Waals surface area (Å²) in [6.45, 7) is 8.07. The van der Waals surface area contributed by atoms with Crippen molar-refractivity contribution in [2.45, 2.75) is 20.4 Å². The van der Waals surface area contributed by atoms with E-state index in [0.717, 1.165) is 54.0 Å². The molecule has 0 N–H and O–H groups in total. The van der Waals surface area contributed by atoms with Crippen LogP contribution in [0.5, 0.6) is 5.75 Å². The van der Waals surface area contributed by atoms with Crippen molar-refractivity contribution in [1.82, 2.24) is 9.47 Å². The first-order chi connectivity index (χ1) is 12.7. The van der Waals surface area contributed by atoms with Crippen LogP contribution in [0, 0.1) is 11.3 Å². The van der Waals surface area contributed by atoms with E-state index in [4.69, 9.17) is 4.74 Å². The second-order valence-electron chi connectivity index (χ2n) is 6.26. The summed E-state index contributed by atoms with van der Waals surface area (Å²) in [4.78, 5) is 2.37. The summed E-state index contributed by atoms with van der Waals surface area (Å²) in [6.07, 6.45) is 0. The monoisotopic (exact) mass is 347 g/mol. The number of fused-ring (bicyclic) bond motifs is 1. The predicted octanol–water partition coefficient (Wildman–Crippen LogP) is 4.53. The summed E-state index contributed by atoms with van der Waals surface area (Å²) < 4.78 is 7.58. The molecule has 0 atom stereocenters. The summed E-state index contributed by atoms with van der Waals surface area (Å²) in [6, 6.07) is 18.6. The van der Waals surface area contributed by atoms with Gasteiger partial charge in [0.2, 0.25) is 0 Å². The predicted molar refractivity (Wildman–Crippen MR) is 106 cm³/mol. The van der Waals surface area contributed by atoms with Gasteiger partial charge in [-0.3, -0.25) is 0 Å². The van der Waals surface area contributed by atoms with Gasteiger partial charge in [-0.1, -0.05) is 44.2 Å². The maximum absolute atomic E-state index is 9.95. The number of rotatable bonds is 7. The number of hydrogen-bond donors (Lipinski definition) is 0. The molecular weight excluding hydrogens is 322 g/mol. The second kappa shape index (κ2) is 8.07. The SMILES string of the molecule is CCN(CC)CCn1c(C#N)c(-c2ccccc2)c2cc(OC)ccc21. The topological polar surface area (TPSA) is 41.2 Å². The van der Waals surface area contributed by atoms with Crippen LogP contribution in [-0.4, -0.2) is 36.2 Å². The molecule has 0 aliphatic carbocycles. The molecule has 26 heavy (non-hydrogen) atoms. The molecule has 0 aliphatic rings. The molecule has 4 nitrogen and oxygen atoms in total. The fourth-order valence-corrected chi connectivity index (χ4v) is 3.49. The summed E-state index contributed by atoms with van der Waals surface area (Å²) >= 11 is 0. The average Bonchev–Trinajstić information content (AvgIpc) is 3.02. The largest absolute Gasteiger partial charge is 0.497 e. The van der Waals surface area contributed by atoms with Gasteiger partial charge in [0.15, 0.2) is 0 Å². The maximum atomic E-state index is 9.95. The molecule has 0 radical (unpaired) electrons. The van der Waals surface area contributed by atoms with Crippen molar-refractivity contribution in [1.29, 1.82) is 5.26 Å². The molecule has 3 rings (SSSR count). The molecule has 0 bridgehead atoms. The Morgan fingerprint density at radius 2 is 1.81 bits per heavy atom. The van der Waals surface area contributed by atoms with E-state index < -0.39 is 0 Å². The highest BCUT2D eigenvalue weighted by Gasteiger charge is 2.19. The lowest BCUT2D eigenvalue weighted by atomic mass is 10.0. The molecule has 3 aromatic rings. The zero-order valence-corrected chi connectivity index (χ0v) is 15.7. The maximum Gasteiger partial charge on any atom is 0.129 e. The van der Waals surface area contributed by atoms with Crippen molar-refractivity contribution in [3.05, 3.63) is 54.2 Å². The highest BCUT2D eigenvalue weighted by Crippen LogP contribution is 2.36. The van der Waals surface area contributed by atoms with Gasteiger partial charge in [-0.15, -0.1) is 0 Å². The smallest absolute Gasteiger partial charge is 0.129 e. The van der Waals surface area contributed by atoms with E-state index in [-0.39, 0.29) is 0 Å². The first-order valence-electron chi connectivity index (χ1n) is 9.11. The second-order valence-corrected chi connectivity index (χ2v) is 6.26. The average molecular weight is 347 g/mol. The molecule has 1 heterocycles. The van der Waals surface area contributed by atoms with Crippen LogP contribution in [0.25, 0.3) is 22.0 Å². The first-order valence-corrected chi connectivity index (χ1v) is 9.11. The zero-order chi connectivity index (χ0) is 18.5. The number of likely N-dealkylation sites (N-methyl/N-ethyl adjacent to an activating group) is 1. The van der Waals surface area contributed by atoms with E-state index in [9.17, 15) is 5.26 Å². The summed E-state index contributed by atoms with van der Waals surface area (Å²) in [5.74, 6) is 0.806. The van der Waals surface area contributed by atoms with Crippen molar-refractivity contribution in [3.8, 4) is 22.9 Å². The molecule has 0 saturated carbocycles. The van der Waals surface area contributed by atoms with Gasteiger partial charge in [-0.2, -0.15) is 5.26 Å². The Morgan fingerprint density at radius 1 is 1.08 bits per heavy atom. The number of methoxy groups -OCH3 is 1. The lowest BCUT2D eigenvalue weighted by Crippen LogP contribution is -2.27. The van der Waals surface area contributed by atoms with E-state index in [1.54, 1.807) is 7.11 Å². The Bertz CT molecular complexity index is 918. The van der Waals surface area contributed by atoms with Crippen LogP contribution in [0.4, 0.5) is 0 Å². The molecule has 0 spiro atoms. The minimum Gasteiger partial charge on any atom is -0.497 e. The summed E-state index contributed by atoms with van der Waals surface area (Å²) in [7, 11) is 1.67. The molecule has 0 amide bonds. The van der Waals surface area contributed by atoms with Crippen LogP contribution in [0.2, 0.25) is 0 Å². The Hall–Kier alpha value is -2.77. The Balaban J connectivity index is 2.19. The molecule has 0 unspecified atom stereocenters. The standard InChI is InChI=1S/C22H25N3O/c1-4-24(5-2)13-14-25-20-12-11-18(26-3)15-19(20)22(21(25)16-23)17-9-7-6-8-10-17/h6-12,15H,4-5,13-14H2,1-3H3. The van der Waals surface area contributed by atoms with E-state index in [1.165, 1.54) is 0 Å². The van der Waals surface area contributed by atoms with Gasteiger partial charge in [0, 0.05) is 29.6 Å². The number of hydrogen-bond acceptors (Lipinski definition) is 3. The van der Waals surface area contributed by atoms with E-state index in [1.807, 2.05) is 30.3 Å². The van der Waals surface area contributed by atoms with Crippen molar-refractivity contribution >= 4 is 10.9 Å². The highest BCUT2D eigenvalue weighted by atomic mass is 16.5. The lowest BCUT2D eigenvalue weighted by Gasteiger charge is -2.19. The van der Waals surface area contributed by atoms with Crippen LogP contribution in [0.3, 0.4) is 0 Å². The number of nitrogens with zero attached hydrogens (tertiary/aromatic N) is 3. The van der Waals surface area contributed by atoms with Crippen molar-refractivity contribution < 1.29 is 4.74 Å². The van der Waals surface area contributed by atoms with Gasteiger partial charge in [0.05, 0.1) is 7.11 Å². The summed E-state index contributed by atoms with van der Waals surface area (Å²) in [5.41, 5.74) is 3.84. The minimum atomic E-state index is 0.714. The van der Waals surface area contributed by atoms with Crippen molar-refractivity contribution in [2.24, 2.45) is 0 Å². The van der Waals surface area contributed by atoms with E-state index in [2.05, 4.69) is 47.6 Å². The molecule has 4 heteroatoms.